The summed E-state index contributed by atoms with van der Waals surface area (Å²) in [4.78, 5) is 4.37. The summed E-state index contributed by atoms with van der Waals surface area (Å²) in [6, 6.07) is 15.5. The maximum Gasteiger partial charge on any atom is 0.0728 e. The van der Waals surface area contributed by atoms with Crippen LogP contribution >= 0.6 is 11.6 Å². The molecule has 88 valence electrons. The van der Waals surface area contributed by atoms with Crippen molar-refractivity contribution in [3.8, 4) is 11.3 Å². The standard InChI is InChI=1S/C15H11ClN2/c16-14-6-5-13(11-3-1-2-4-12(11)14)15-9-10(17)7-8-18-15/h1-9H,(H2,17,18). The molecule has 0 aliphatic heterocycles. The number of anilines is 1. The average molecular weight is 255 g/mol. The zero-order valence-electron chi connectivity index (χ0n) is 9.60. The van der Waals surface area contributed by atoms with E-state index in [2.05, 4.69) is 4.98 Å². The third-order valence-corrected chi connectivity index (χ3v) is 3.26. The minimum Gasteiger partial charge on any atom is -0.399 e. The van der Waals surface area contributed by atoms with Crippen molar-refractivity contribution in [2.24, 2.45) is 0 Å². The SMILES string of the molecule is Nc1ccnc(-c2ccc(Cl)c3ccccc23)c1. The molecule has 0 aliphatic rings. The highest BCUT2D eigenvalue weighted by Crippen LogP contribution is 2.32. The minimum atomic E-state index is 0.707. The van der Waals surface area contributed by atoms with E-state index in [-0.39, 0.29) is 0 Å². The van der Waals surface area contributed by atoms with E-state index in [4.69, 9.17) is 17.3 Å². The summed E-state index contributed by atoms with van der Waals surface area (Å²) in [7, 11) is 0. The van der Waals surface area contributed by atoms with Gasteiger partial charge in [0.2, 0.25) is 0 Å². The molecular weight excluding hydrogens is 244 g/mol. The predicted molar refractivity (Wildman–Crippen MR) is 76.6 cm³/mol. The van der Waals surface area contributed by atoms with E-state index in [0.717, 1.165) is 27.1 Å². The van der Waals surface area contributed by atoms with Crippen molar-refractivity contribution in [3.05, 3.63) is 59.8 Å². The fourth-order valence-corrected chi connectivity index (χ4v) is 2.31. The second-order valence-corrected chi connectivity index (χ2v) is 4.52. The second-order valence-electron chi connectivity index (χ2n) is 4.11. The van der Waals surface area contributed by atoms with Crippen molar-refractivity contribution in [2.75, 3.05) is 5.73 Å². The van der Waals surface area contributed by atoms with E-state index in [1.165, 1.54) is 0 Å². The molecule has 0 bridgehead atoms. The largest absolute Gasteiger partial charge is 0.399 e. The van der Waals surface area contributed by atoms with Gasteiger partial charge in [0, 0.05) is 27.9 Å². The van der Waals surface area contributed by atoms with E-state index in [0.29, 0.717) is 5.69 Å². The Morgan fingerprint density at radius 3 is 2.50 bits per heavy atom. The van der Waals surface area contributed by atoms with Gasteiger partial charge in [-0.2, -0.15) is 0 Å². The molecule has 0 saturated carbocycles. The predicted octanol–water partition coefficient (Wildman–Crippen LogP) is 4.14. The Kier molecular flexibility index (Phi) is 2.65. The number of hydrogen-bond donors (Lipinski definition) is 1. The van der Waals surface area contributed by atoms with Gasteiger partial charge in [-0.1, -0.05) is 41.9 Å². The van der Waals surface area contributed by atoms with Crippen molar-refractivity contribution in [1.82, 2.24) is 4.98 Å². The highest BCUT2D eigenvalue weighted by Gasteiger charge is 2.07. The Morgan fingerprint density at radius 1 is 0.944 bits per heavy atom. The van der Waals surface area contributed by atoms with Gasteiger partial charge in [-0.25, -0.2) is 0 Å². The van der Waals surface area contributed by atoms with Gasteiger partial charge in [0.25, 0.3) is 0 Å². The summed E-state index contributed by atoms with van der Waals surface area (Å²) in [5.74, 6) is 0. The Hall–Kier alpha value is -2.06. The second kappa shape index (κ2) is 4.31. The lowest BCUT2D eigenvalue weighted by molar-refractivity contribution is 1.33. The molecule has 3 rings (SSSR count). The third kappa shape index (κ3) is 1.81. The fourth-order valence-electron chi connectivity index (χ4n) is 2.08. The molecule has 0 saturated heterocycles. The Morgan fingerprint density at radius 2 is 1.72 bits per heavy atom. The summed E-state index contributed by atoms with van der Waals surface area (Å²) in [5, 5.41) is 2.86. The fraction of sp³-hybridized carbons (Fsp3) is 0. The van der Waals surface area contributed by atoms with Crippen molar-refractivity contribution in [1.29, 1.82) is 0 Å². The van der Waals surface area contributed by atoms with Gasteiger partial charge in [0.05, 0.1) is 5.69 Å². The van der Waals surface area contributed by atoms with Crippen molar-refractivity contribution < 1.29 is 0 Å². The third-order valence-electron chi connectivity index (χ3n) is 2.93. The van der Waals surface area contributed by atoms with Crippen molar-refractivity contribution in [2.45, 2.75) is 0 Å². The molecule has 0 spiro atoms. The number of pyridine rings is 1. The van der Waals surface area contributed by atoms with Gasteiger partial charge in [0.15, 0.2) is 0 Å². The maximum atomic E-state index is 6.20. The molecule has 0 fully saturated rings. The van der Waals surface area contributed by atoms with Crippen LogP contribution in [0.3, 0.4) is 0 Å². The van der Waals surface area contributed by atoms with Gasteiger partial charge in [0.1, 0.15) is 0 Å². The number of nitrogens with zero attached hydrogens (tertiary/aromatic N) is 1. The van der Waals surface area contributed by atoms with Gasteiger partial charge in [-0.15, -0.1) is 0 Å². The topological polar surface area (TPSA) is 38.9 Å². The molecule has 0 radical (unpaired) electrons. The van der Waals surface area contributed by atoms with Gasteiger partial charge in [-0.3, -0.25) is 4.98 Å². The van der Waals surface area contributed by atoms with Crippen molar-refractivity contribution in [3.63, 3.8) is 0 Å². The molecule has 1 heterocycles. The molecule has 2 aromatic carbocycles. The number of fused-ring (bicyclic) bond motifs is 1. The van der Waals surface area contributed by atoms with Crippen LogP contribution in [0.1, 0.15) is 0 Å². The van der Waals surface area contributed by atoms with Crippen LogP contribution in [-0.2, 0) is 0 Å². The Labute approximate surface area is 110 Å². The number of halogens is 1. The quantitative estimate of drug-likeness (QED) is 0.709. The molecule has 0 amide bonds. The van der Waals surface area contributed by atoms with E-state index >= 15 is 0 Å². The van der Waals surface area contributed by atoms with Crippen LogP contribution in [-0.4, -0.2) is 4.98 Å². The van der Waals surface area contributed by atoms with Crippen LogP contribution in [0.4, 0.5) is 5.69 Å². The maximum absolute atomic E-state index is 6.20. The molecule has 2 N–H and O–H groups in total. The van der Waals surface area contributed by atoms with Crippen LogP contribution in [0, 0.1) is 0 Å². The molecular formula is C15H11ClN2. The minimum absolute atomic E-state index is 0.707. The lowest BCUT2D eigenvalue weighted by Crippen LogP contribution is -1.89. The number of aromatic nitrogens is 1. The Bertz CT molecular complexity index is 723. The summed E-state index contributed by atoms with van der Waals surface area (Å²) in [5.41, 5.74) is 8.42. The number of nitrogens with two attached hydrogens (primary N) is 1. The monoisotopic (exact) mass is 254 g/mol. The number of hydrogen-bond acceptors (Lipinski definition) is 2. The van der Waals surface area contributed by atoms with Crippen LogP contribution in [0.15, 0.2) is 54.7 Å². The lowest BCUT2D eigenvalue weighted by Gasteiger charge is -2.08. The molecule has 3 aromatic rings. The first-order chi connectivity index (χ1) is 8.75. The highest BCUT2D eigenvalue weighted by molar-refractivity contribution is 6.36. The van der Waals surface area contributed by atoms with Crippen LogP contribution < -0.4 is 5.73 Å². The molecule has 3 heteroatoms. The van der Waals surface area contributed by atoms with Gasteiger partial charge >= 0.3 is 0 Å². The van der Waals surface area contributed by atoms with Crippen LogP contribution in [0.2, 0.25) is 5.02 Å². The average Bonchev–Trinajstić information content (AvgIpc) is 2.39. The zero-order chi connectivity index (χ0) is 12.5. The molecule has 2 nitrogen and oxygen atoms in total. The van der Waals surface area contributed by atoms with Crippen LogP contribution in [0.25, 0.3) is 22.0 Å². The van der Waals surface area contributed by atoms with E-state index in [1.54, 1.807) is 12.3 Å². The Balaban J connectivity index is 2.33. The normalized spacial score (nSPS) is 10.7. The number of benzene rings is 2. The molecule has 0 aliphatic carbocycles. The summed E-state index contributed by atoms with van der Waals surface area (Å²) < 4.78 is 0. The first-order valence-corrected chi connectivity index (χ1v) is 6.02. The molecule has 18 heavy (non-hydrogen) atoms. The number of nitrogen functional groups attached to an aromatic ring is 1. The van der Waals surface area contributed by atoms with Gasteiger partial charge < -0.3 is 5.73 Å². The molecule has 0 atom stereocenters. The first-order valence-electron chi connectivity index (χ1n) is 5.65. The van der Waals surface area contributed by atoms with Gasteiger partial charge in [-0.05, 0) is 23.6 Å². The van der Waals surface area contributed by atoms with E-state index < -0.39 is 0 Å². The van der Waals surface area contributed by atoms with Crippen molar-refractivity contribution >= 4 is 28.1 Å². The molecule has 0 unspecified atom stereocenters. The molecule has 1 aromatic heterocycles. The summed E-state index contributed by atoms with van der Waals surface area (Å²) >= 11 is 6.20. The van der Waals surface area contributed by atoms with E-state index in [9.17, 15) is 0 Å². The lowest BCUT2D eigenvalue weighted by atomic mass is 10.0. The highest BCUT2D eigenvalue weighted by atomic mass is 35.5. The number of rotatable bonds is 1. The summed E-state index contributed by atoms with van der Waals surface area (Å²) in [6.07, 6.45) is 1.72. The zero-order valence-corrected chi connectivity index (χ0v) is 10.4. The summed E-state index contributed by atoms with van der Waals surface area (Å²) in [6.45, 7) is 0. The first kappa shape index (κ1) is 11.1. The van der Waals surface area contributed by atoms with E-state index in [1.807, 2.05) is 42.5 Å². The van der Waals surface area contributed by atoms with Crippen LogP contribution in [0.5, 0.6) is 0 Å². The smallest absolute Gasteiger partial charge is 0.0728 e.